The van der Waals surface area contributed by atoms with Crippen LogP contribution < -0.4 is 9.64 Å². The van der Waals surface area contributed by atoms with E-state index in [4.69, 9.17) is 4.74 Å². The van der Waals surface area contributed by atoms with Gasteiger partial charge < -0.3 is 9.64 Å². The van der Waals surface area contributed by atoms with Gasteiger partial charge in [0, 0.05) is 13.1 Å². The predicted octanol–water partition coefficient (Wildman–Crippen LogP) is 5.11. The molecule has 0 aliphatic carbocycles. The molecule has 2 aromatic carbocycles. The monoisotopic (exact) mass is 432 g/mol. The molecule has 0 radical (unpaired) electrons. The Morgan fingerprint density at radius 2 is 1.59 bits per heavy atom. The zero-order valence-electron chi connectivity index (χ0n) is 19.6. The molecule has 0 bridgehead atoms. The third-order valence-electron chi connectivity index (χ3n) is 6.28. The van der Waals surface area contributed by atoms with Crippen LogP contribution in [0.2, 0.25) is 0 Å². The first-order valence-electron chi connectivity index (χ1n) is 11.5. The van der Waals surface area contributed by atoms with E-state index in [-0.39, 0.29) is 17.9 Å². The second kappa shape index (κ2) is 8.81. The van der Waals surface area contributed by atoms with Crippen molar-refractivity contribution < 1.29 is 14.3 Å². The van der Waals surface area contributed by atoms with Crippen molar-refractivity contribution in [3.63, 3.8) is 0 Å². The molecule has 2 aromatic rings. The fourth-order valence-electron chi connectivity index (χ4n) is 4.56. The molecule has 1 saturated heterocycles. The van der Waals surface area contributed by atoms with E-state index in [1.54, 1.807) is 12.1 Å². The lowest BCUT2D eigenvalue weighted by molar-refractivity contribution is -0.120. The van der Waals surface area contributed by atoms with E-state index in [0.29, 0.717) is 22.9 Å². The van der Waals surface area contributed by atoms with Gasteiger partial charge in [-0.15, -0.1) is 0 Å². The van der Waals surface area contributed by atoms with Crippen LogP contribution in [0.15, 0.2) is 48.2 Å². The van der Waals surface area contributed by atoms with E-state index in [1.807, 2.05) is 52.0 Å². The summed E-state index contributed by atoms with van der Waals surface area (Å²) in [5.74, 6) is 0.856. The normalized spacial score (nSPS) is 17.7. The van der Waals surface area contributed by atoms with E-state index in [2.05, 4.69) is 17.9 Å². The number of nitrogens with zero attached hydrogens (tertiary/aromatic N) is 2. The molecule has 0 spiro atoms. The number of amides is 2. The average Bonchev–Trinajstić information content (AvgIpc) is 2.99. The van der Waals surface area contributed by atoms with Crippen LogP contribution in [0, 0.1) is 19.8 Å². The molecule has 32 heavy (non-hydrogen) atoms. The quantitative estimate of drug-likeness (QED) is 0.617. The maximum Gasteiger partial charge on any atom is 0.282 e. The summed E-state index contributed by atoms with van der Waals surface area (Å²) >= 11 is 0. The van der Waals surface area contributed by atoms with E-state index < -0.39 is 0 Å². The standard InChI is InChI=1S/C27H32N2O3/c1-17(2)32-22-9-7-21(8-10-22)29-26(30)24(23-11-6-19(4)16-20(23)5)25(27(29)31)28-14-12-18(3)13-15-28/h6-11,16-18H,12-15H2,1-5H3. The number of carbonyl (C=O) groups is 2. The molecule has 2 amide bonds. The van der Waals surface area contributed by atoms with Crippen LogP contribution in [0.25, 0.3) is 5.57 Å². The van der Waals surface area contributed by atoms with Gasteiger partial charge in [0.25, 0.3) is 11.8 Å². The summed E-state index contributed by atoms with van der Waals surface area (Å²) in [5, 5.41) is 0. The number of likely N-dealkylation sites (tertiary alicyclic amines) is 1. The highest BCUT2D eigenvalue weighted by Crippen LogP contribution is 2.38. The highest BCUT2D eigenvalue weighted by atomic mass is 16.5. The number of carbonyl (C=O) groups excluding carboxylic acids is 2. The smallest absolute Gasteiger partial charge is 0.282 e. The Bertz CT molecular complexity index is 1060. The number of ether oxygens (including phenoxy) is 1. The Labute approximate surface area is 190 Å². The number of aryl methyl sites for hydroxylation is 2. The SMILES string of the molecule is Cc1ccc(C2=C(N3CCC(C)CC3)C(=O)N(c3ccc(OC(C)C)cc3)C2=O)c(C)c1. The second-order valence-corrected chi connectivity index (χ2v) is 9.32. The Morgan fingerprint density at radius 3 is 2.19 bits per heavy atom. The van der Waals surface area contributed by atoms with Gasteiger partial charge in [-0.2, -0.15) is 0 Å². The molecule has 5 heteroatoms. The molecule has 0 N–H and O–H groups in total. The Balaban J connectivity index is 1.76. The lowest BCUT2D eigenvalue weighted by Crippen LogP contribution is -2.38. The van der Waals surface area contributed by atoms with Gasteiger partial charge in [0.2, 0.25) is 0 Å². The number of rotatable bonds is 5. The van der Waals surface area contributed by atoms with Crippen LogP contribution in [-0.2, 0) is 9.59 Å². The number of benzene rings is 2. The van der Waals surface area contributed by atoms with E-state index in [9.17, 15) is 9.59 Å². The van der Waals surface area contributed by atoms with Gasteiger partial charge in [0.1, 0.15) is 11.4 Å². The van der Waals surface area contributed by atoms with Crippen LogP contribution >= 0.6 is 0 Å². The molecule has 0 aromatic heterocycles. The highest BCUT2D eigenvalue weighted by Gasteiger charge is 2.43. The lowest BCUT2D eigenvalue weighted by Gasteiger charge is -2.32. The number of anilines is 1. The zero-order chi connectivity index (χ0) is 23.0. The summed E-state index contributed by atoms with van der Waals surface area (Å²) < 4.78 is 5.72. The van der Waals surface area contributed by atoms with Crippen molar-refractivity contribution >= 4 is 23.1 Å². The first kappa shape index (κ1) is 22.1. The molecule has 0 saturated carbocycles. The zero-order valence-corrected chi connectivity index (χ0v) is 19.6. The van der Waals surface area contributed by atoms with Gasteiger partial charge in [-0.1, -0.05) is 30.7 Å². The van der Waals surface area contributed by atoms with Crippen LogP contribution in [0.4, 0.5) is 5.69 Å². The number of piperidine rings is 1. The second-order valence-electron chi connectivity index (χ2n) is 9.32. The van der Waals surface area contributed by atoms with Crippen molar-refractivity contribution in [3.8, 4) is 5.75 Å². The molecule has 2 heterocycles. The number of imide groups is 1. The van der Waals surface area contributed by atoms with E-state index in [1.165, 1.54) is 4.90 Å². The largest absolute Gasteiger partial charge is 0.491 e. The van der Waals surface area contributed by atoms with Gasteiger partial charge in [-0.25, -0.2) is 4.90 Å². The minimum Gasteiger partial charge on any atom is -0.491 e. The van der Waals surface area contributed by atoms with E-state index >= 15 is 0 Å². The van der Waals surface area contributed by atoms with Gasteiger partial charge in [-0.05, 0) is 81.8 Å². The lowest BCUT2D eigenvalue weighted by atomic mass is 9.95. The molecule has 4 rings (SSSR count). The molecule has 0 atom stereocenters. The summed E-state index contributed by atoms with van der Waals surface area (Å²) in [7, 11) is 0. The van der Waals surface area contributed by atoms with Crippen LogP contribution in [0.3, 0.4) is 0 Å². The van der Waals surface area contributed by atoms with Gasteiger partial charge >= 0.3 is 0 Å². The van der Waals surface area contributed by atoms with E-state index in [0.717, 1.165) is 48.4 Å². The van der Waals surface area contributed by atoms with Gasteiger partial charge in [0.05, 0.1) is 17.4 Å². The minimum atomic E-state index is -0.256. The van der Waals surface area contributed by atoms with Crippen LogP contribution in [0.5, 0.6) is 5.75 Å². The molecule has 2 aliphatic heterocycles. The van der Waals surface area contributed by atoms with Crippen molar-refractivity contribution in [2.75, 3.05) is 18.0 Å². The predicted molar refractivity (Wildman–Crippen MR) is 128 cm³/mol. The molecule has 168 valence electrons. The fourth-order valence-corrected chi connectivity index (χ4v) is 4.56. The van der Waals surface area contributed by atoms with Crippen molar-refractivity contribution in [3.05, 3.63) is 64.9 Å². The minimum absolute atomic E-state index is 0.0572. The van der Waals surface area contributed by atoms with Crippen molar-refractivity contribution in [2.45, 2.75) is 53.6 Å². The maximum absolute atomic E-state index is 13.7. The Morgan fingerprint density at radius 1 is 0.938 bits per heavy atom. The first-order valence-corrected chi connectivity index (χ1v) is 11.5. The fraction of sp³-hybridized carbons (Fsp3) is 0.407. The Hall–Kier alpha value is -3.08. The summed E-state index contributed by atoms with van der Waals surface area (Å²) in [6, 6.07) is 13.2. The van der Waals surface area contributed by atoms with Crippen molar-refractivity contribution in [1.29, 1.82) is 0 Å². The number of hydrogen-bond acceptors (Lipinski definition) is 4. The highest BCUT2D eigenvalue weighted by molar-refractivity contribution is 6.45. The molecular formula is C27H32N2O3. The van der Waals surface area contributed by atoms with Gasteiger partial charge in [-0.3, -0.25) is 9.59 Å². The van der Waals surface area contributed by atoms with Crippen LogP contribution in [-0.4, -0.2) is 35.9 Å². The average molecular weight is 433 g/mol. The van der Waals surface area contributed by atoms with Gasteiger partial charge in [0.15, 0.2) is 0 Å². The summed E-state index contributed by atoms with van der Waals surface area (Å²) in [4.78, 5) is 30.9. The third kappa shape index (κ3) is 4.16. The maximum atomic E-state index is 13.7. The molecule has 0 unspecified atom stereocenters. The first-order chi connectivity index (χ1) is 15.3. The molecule has 2 aliphatic rings. The van der Waals surface area contributed by atoms with Crippen LogP contribution in [0.1, 0.15) is 50.3 Å². The molecule has 5 nitrogen and oxygen atoms in total. The van der Waals surface area contributed by atoms with Crippen molar-refractivity contribution in [1.82, 2.24) is 4.90 Å². The number of hydrogen-bond donors (Lipinski definition) is 0. The topological polar surface area (TPSA) is 49.9 Å². The summed E-state index contributed by atoms with van der Waals surface area (Å²) in [6.07, 6.45) is 2.10. The summed E-state index contributed by atoms with van der Waals surface area (Å²) in [6.45, 7) is 11.8. The molecular weight excluding hydrogens is 400 g/mol. The third-order valence-corrected chi connectivity index (χ3v) is 6.28. The Kier molecular flexibility index (Phi) is 6.09. The molecule has 1 fully saturated rings. The van der Waals surface area contributed by atoms with Crippen molar-refractivity contribution in [2.24, 2.45) is 5.92 Å². The summed E-state index contributed by atoms with van der Waals surface area (Å²) in [5.41, 5.74) is 4.60.